The normalized spacial score (nSPS) is 12.6. The average molecular weight is 294 g/mol. The summed E-state index contributed by atoms with van der Waals surface area (Å²) in [7, 11) is 0. The van der Waals surface area contributed by atoms with Crippen LogP contribution in [0.1, 0.15) is 19.6 Å². The molecule has 0 saturated heterocycles. The van der Waals surface area contributed by atoms with E-state index in [-0.39, 0.29) is 5.82 Å². The highest BCUT2D eigenvalue weighted by Crippen LogP contribution is 2.19. The molecule has 2 aromatic rings. The highest BCUT2D eigenvalue weighted by molar-refractivity contribution is 7.99. The van der Waals surface area contributed by atoms with E-state index in [1.165, 1.54) is 12.1 Å². The fourth-order valence-corrected chi connectivity index (χ4v) is 2.52. The van der Waals surface area contributed by atoms with Gasteiger partial charge >= 0.3 is 0 Å². The SMILES string of the molecule is CCSC[C@H](C)NCc1cc(-c2cccc(F)c2)no1. The number of rotatable bonds is 7. The summed E-state index contributed by atoms with van der Waals surface area (Å²) in [5, 5.41) is 7.36. The predicted octanol–water partition coefficient (Wildman–Crippen LogP) is 3.71. The highest BCUT2D eigenvalue weighted by Gasteiger charge is 2.08. The Kier molecular flexibility index (Phi) is 5.61. The second kappa shape index (κ2) is 7.45. The van der Waals surface area contributed by atoms with Crippen LogP contribution in [0.25, 0.3) is 11.3 Å². The van der Waals surface area contributed by atoms with Gasteiger partial charge < -0.3 is 9.84 Å². The maximum Gasteiger partial charge on any atom is 0.151 e. The zero-order valence-electron chi connectivity index (χ0n) is 11.7. The molecule has 0 amide bonds. The number of halogens is 1. The van der Waals surface area contributed by atoms with Crippen LogP contribution in [0.15, 0.2) is 34.9 Å². The van der Waals surface area contributed by atoms with Crippen LogP contribution < -0.4 is 5.32 Å². The van der Waals surface area contributed by atoms with Crippen LogP contribution >= 0.6 is 11.8 Å². The van der Waals surface area contributed by atoms with Crippen LogP contribution in [0.3, 0.4) is 0 Å². The molecular weight excluding hydrogens is 275 g/mol. The molecule has 5 heteroatoms. The fourth-order valence-electron chi connectivity index (χ4n) is 1.81. The highest BCUT2D eigenvalue weighted by atomic mass is 32.2. The Morgan fingerprint density at radius 2 is 2.25 bits per heavy atom. The quantitative estimate of drug-likeness (QED) is 0.845. The van der Waals surface area contributed by atoms with Crippen LogP contribution in [-0.2, 0) is 6.54 Å². The minimum Gasteiger partial charge on any atom is -0.359 e. The minimum atomic E-state index is -0.268. The number of thioether (sulfide) groups is 1. The van der Waals surface area contributed by atoms with Gasteiger partial charge in [-0.1, -0.05) is 24.2 Å². The van der Waals surface area contributed by atoms with Crippen LogP contribution in [-0.4, -0.2) is 22.7 Å². The van der Waals surface area contributed by atoms with Crippen molar-refractivity contribution in [3.63, 3.8) is 0 Å². The smallest absolute Gasteiger partial charge is 0.151 e. The van der Waals surface area contributed by atoms with Gasteiger partial charge in [-0.15, -0.1) is 0 Å². The minimum absolute atomic E-state index is 0.268. The summed E-state index contributed by atoms with van der Waals surface area (Å²) >= 11 is 1.90. The lowest BCUT2D eigenvalue weighted by Gasteiger charge is -2.10. The first kappa shape index (κ1) is 15.1. The molecule has 20 heavy (non-hydrogen) atoms. The Hall–Kier alpha value is -1.33. The summed E-state index contributed by atoms with van der Waals surface area (Å²) in [6, 6.07) is 8.62. The van der Waals surface area contributed by atoms with Gasteiger partial charge in [0, 0.05) is 23.4 Å². The van der Waals surface area contributed by atoms with E-state index in [1.807, 2.05) is 23.9 Å². The van der Waals surface area contributed by atoms with Crippen molar-refractivity contribution in [1.82, 2.24) is 10.5 Å². The number of benzene rings is 1. The third-order valence-electron chi connectivity index (χ3n) is 2.88. The Morgan fingerprint density at radius 1 is 1.40 bits per heavy atom. The molecule has 1 aromatic heterocycles. The molecule has 2 rings (SSSR count). The van der Waals surface area contributed by atoms with E-state index in [4.69, 9.17) is 4.52 Å². The lowest BCUT2D eigenvalue weighted by atomic mass is 10.1. The topological polar surface area (TPSA) is 38.1 Å². The second-order valence-corrected chi connectivity index (χ2v) is 5.95. The second-order valence-electron chi connectivity index (χ2n) is 4.63. The molecule has 1 N–H and O–H groups in total. The lowest BCUT2D eigenvalue weighted by molar-refractivity contribution is 0.369. The summed E-state index contributed by atoms with van der Waals surface area (Å²) < 4.78 is 18.4. The Labute approximate surface area is 122 Å². The molecular formula is C15H19FN2OS. The van der Waals surface area contributed by atoms with Crippen molar-refractivity contribution in [3.05, 3.63) is 41.9 Å². The van der Waals surface area contributed by atoms with Crippen molar-refractivity contribution < 1.29 is 8.91 Å². The summed E-state index contributed by atoms with van der Waals surface area (Å²) in [6.45, 7) is 4.93. The van der Waals surface area contributed by atoms with Gasteiger partial charge in [0.1, 0.15) is 11.5 Å². The third-order valence-corrected chi connectivity index (χ3v) is 4.02. The molecule has 0 fully saturated rings. The van der Waals surface area contributed by atoms with Gasteiger partial charge in [0.2, 0.25) is 0 Å². The first-order chi connectivity index (χ1) is 9.69. The zero-order valence-corrected chi connectivity index (χ0v) is 12.5. The molecule has 3 nitrogen and oxygen atoms in total. The van der Waals surface area contributed by atoms with E-state index in [1.54, 1.807) is 6.07 Å². The van der Waals surface area contributed by atoms with Crippen molar-refractivity contribution in [2.24, 2.45) is 0 Å². The van der Waals surface area contributed by atoms with Gasteiger partial charge in [-0.3, -0.25) is 0 Å². The van der Waals surface area contributed by atoms with Crippen molar-refractivity contribution >= 4 is 11.8 Å². The predicted molar refractivity (Wildman–Crippen MR) is 81.2 cm³/mol. The van der Waals surface area contributed by atoms with E-state index in [0.29, 0.717) is 18.3 Å². The first-order valence-electron chi connectivity index (χ1n) is 6.71. The molecule has 0 aliphatic rings. The van der Waals surface area contributed by atoms with Crippen molar-refractivity contribution in [1.29, 1.82) is 0 Å². The van der Waals surface area contributed by atoms with Gasteiger partial charge in [-0.25, -0.2) is 4.39 Å². The van der Waals surface area contributed by atoms with Crippen molar-refractivity contribution in [2.45, 2.75) is 26.4 Å². The number of nitrogens with zero attached hydrogens (tertiary/aromatic N) is 1. The molecule has 0 radical (unpaired) electrons. The van der Waals surface area contributed by atoms with E-state index in [9.17, 15) is 4.39 Å². The molecule has 1 aromatic carbocycles. The number of hydrogen-bond acceptors (Lipinski definition) is 4. The molecule has 0 unspecified atom stereocenters. The summed E-state index contributed by atoms with van der Waals surface area (Å²) in [4.78, 5) is 0. The molecule has 1 atom stereocenters. The van der Waals surface area contributed by atoms with Gasteiger partial charge in [0.05, 0.1) is 6.54 Å². The Balaban J connectivity index is 1.92. The molecule has 0 aliphatic carbocycles. The molecule has 108 valence electrons. The maximum atomic E-state index is 13.2. The van der Waals surface area contributed by atoms with Gasteiger partial charge in [-0.05, 0) is 24.8 Å². The summed E-state index contributed by atoms with van der Waals surface area (Å²) in [5.74, 6) is 2.69. The molecule has 1 heterocycles. The number of hydrogen-bond donors (Lipinski definition) is 1. The van der Waals surface area contributed by atoms with Gasteiger partial charge in [0.15, 0.2) is 5.76 Å². The van der Waals surface area contributed by atoms with Crippen molar-refractivity contribution in [2.75, 3.05) is 11.5 Å². The zero-order chi connectivity index (χ0) is 14.4. The van der Waals surface area contributed by atoms with E-state index < -0.39 is 0 Å². The van der Waals surface area contributed by atoms with Crippen LogP contribution in [0.5, 0.6) is 0 Å². The Morgan fingerprint density at radius 3 is 3.00 bits per heavy atom. The monoisotopic (exact) mass is 294 g/mol. The molecule has 0 saturated carbocycles. The number of aromatic nitrogens is 1. The maximum absolute atomic E-state index is 13.2. The van der Waals surface area contributed by atoms with Crippen LogP contribution in [0.2, 0.25) is 0 Å². The van der Waals surface area contributed by atoms with E-state index >= 15 is 0 Å². The average Bonchev–Trinajstić information content (AvgIpc) is 2.92. The van der Waals surface area contributed by atoms with E-state index in [2.05, 4.69) is 24.3 Å². The first-order valence-corrected chi connectivity index (χ1v) is 7.87. The number of nitrogens with one attached hydrogen (secondary N) is 1. The molecule has 0 bridgehead atoms. The summed E-state index contributed by atoms with van der Waals surface area (Å²) in [5.41, 5.74) is 1.39. The molecule has 0 aliphatic heterocycles. The third kappa shape index (κ3) is 4.35. The van der Waals surface area contributed by atoms with Crippen LogP contribution in [0.4, 0.5) is 4.39 Å². The van der Waals surface area contributed by atoms with Crippen LogP contribution in [0, 0.1) is 5.82 Å². The largest absolute Gasteiger partial charge is 0.359 e. The van der Waals surface area contributed by atoms with Gasteiger partial charge in [-0.2, -0.15) is 11.8 Å². The lowest BCUT2D eigenvalue weighted by Crippen LogP contribution is -2.27. The molecule has 0 spiro atoms. The summed E-state index contributed by atoms with van der Waals surface area (Å²) in [6.07, 6.45) is 0. The standard InChI is InChI=1S/C15H19FN2OS/c1-3-20-10-11(2)17-9-14-8-15(18-19-14)12-5-4-6-13(16)7-12/h4-8,11,17H,3,9-10H2,1-2H3/t11-/m0/s1. The fraction of sp³-hybridized carbons (Fsp3) is 0.400. The Bertz CT molecular complexity index is 544. The van der Waals surface area contributed by atoms with E-state index in [0.717, 1.165) is 22.8 Å². The van der Waals surface area contributed by atoms with Gasteiger partial charge in [0.25, 0.3) is 0 Å². The van der Waals surface area contributed by atoms with Crippen molar-refractivity contribution in [3.8, 4) is 11.3 Å².